The van der Waals surface area contributed by atoms with E-state index in [9.17, 15) is 22.8 Å². The summed E-state index contributed by atoms with van der Waals surface area (Å²) in [5, 5.41) is 6.13. The summed E-state index contributed by atoms with van der Waals surface area (Å²) in [5.41, 5.74) is 4.52. The Bertz CT molecular complexity index is 955. The molecule has 1 aliphatic rings. The largest absolute Gasteiger partial charge is 0.425 e. The van der Waals surface area contributed by atoms with E-state index in [1.54, 1.807) is 0 Å². The van der Waals surface area contributed by atoms with Crippen LogP contribution >= 0.6 is 11.3 Å². The maximum Gasteiger partial charge on any atom is 0.425 e. The van der Waals surface area contributed by atoms with Crippen molar-refractivity contribution in [1.29, 1.82) is 0 Å². The highest BCUT2D eigenvalue weighted by Gasteiger charge is 2.37. The minimum atomic E-state index is -4.78. The Morgan fingerprint density at radius 2 is 2.07 bits per heavy atom. The molecule has 3 N–H and O–H groups in total. The predicted octanol–water partition coefficient (Wildman–Crippen LogP) is 3.13. The number of anilines is 1. The van der Waals surface area contributed by atoms with Crippen molar-refractivity contribution in [3.8, 4) is 0 Å². The van der Waals surface area contributed by atoms with Gasteiger partial charge in [0.2, 0.25) is 11.6 Å². The van der Waals surface area contributed by atoms with E-state index in [2.05, 4.69) is 15.3 Å². The van der Waals surface area contributed by atoms with Crippen LogP contribution in [0.3, 0.4) is 0 Å². The zero-order chi connectivity index (χ0) is 19.8. The fourth-order valence-corrected chi connectivity index (χ4v) is 4.31. The molecule has 27 heavy (non-hydrogen) atoms. The van der Waals surface area contributed by atoms with Gasteiger partial charge in [-0.1, -0.05) is 0 Å². The third kappa shape index (κ3) is 3.80. The van der Waals surface area contributed by atoms with Crippen molar-refractivity contribution in [2.75, 3.05) is 5.32 Å². The molecule has 3 rings (SSSR count). The highest BCUT2D eigenvalue weighted by molar-refractivity contribution is 7.17. The highest BCUT2D eigenvalue weighted by atomic mass is 32.1. The van der Waals surface area contributed by atoms with Crippen LogP contribution in [0, 0.1) is 6.57 Å². The van der Waals surface area contributed by atoms with E-state index in [4.69, 9.17) is 12.3 Å². The number of halogens is 3. The second-order valence-electron chi connectivity index (χ2n) is 6.00. The number of carbonyl (C=O) groups is 2. The second kappa shape index (κ2) is 7.03. The third-order valence-corrected chi connectivity index (χ3v) is 5.31. The van der Waals surface area contributed by atoms with E-state index in [1.165, 1.54) is 11.3 Å². The first-order chi connectivity index (χ1) is 12.7. The van der Waals surface area contributed by atoms with Crippen molar-refractivity contribution in [3.63, 3.8) is 0 Å². The Balaban J connectivity index is 1.81. The number of carbonyl (C=O) groups excluding carboxylic acids is 2. The molecule has 1 aliphatic carbocycles. The number of rotatable bonds is 4. The molecule has 0 aliphatic heterocycles. The molecule has 2 aromatic rings. The summed E-state index contributed by atoms with van der Waals surface area (Å²) >= 11 is 1.26. The Kier molecular flexibility index (Phi) is 4.93. The van der Waals surface area contributed by atoms with E-state index in [0.717, 1.165) is 40.6 Å². The smallest absolute Gasteiger partial charge is 0.365 e. The number of aryl methyl sites for hydroxylation is 1. The Morgan fingerprint density at radius 1 is 1.37 bits per heavy atom. The van der Waals surface area contributed by atoms with Crippen molar-refractivity contribution >= 4 is 33.8 Å². The van der Waals surface area contributed by atoms with E-state index in [0.29, 0.717) is 11.4 Å². The van der Waals surface area contributed by atoms with Crippen LogP contribution in [-0.4, -0.2) is 21.6 Å². The number of amides is 2. The van der Waals surface area contributed by atoms with Crippen LogP contribution in [0.2, 0.25) is 0 Å². The molecule has 2 aromatic heterocycles. The second-order valence-corrected chi connectivity index (χ2v) is 7.10. The number of aromatic nitrogens is 2. The lowest BCUT2D eigenvalue weighted by Crippen LogP contribution is -2.22. The molecular formula is C16H14F3N5O2S. The van der Waals surface area contributed by atoms with Crippen LogP contribution in [-0.2, 0) is 30.4 Å². The summed E-state index contributed by atoms with van der Waals surface area (Å²) in [6, 6.07) is 0. The zero-order valence-corrected chi connectivity index (χ0v) is 14.7. The molecule has 0 radical (unpaired) electrons. The molecule has 0 saturated carbocycles. The van der Waals surface area contributed by atoms with Gasteiger partial charge in [0.1, 0.15) is 11.5 Å². The van der Waals surface area contributed by atoms with Crippen molar-refractivity contribution in [1.82, 2.24) is 9.78 Å². The molecule has 0 bridgehead atoms. The summed E-state index contributed by atoms with van der Waals surface area (Å²) < 4.78 is 39.3. The average molecular weight is 397 g/mol. The topological polar surface area (TPSA) is 94.4 Å². The number of hydrogen-bond acceptors (Lipinski definition) is 4. The van der Waals surface area contributed by atoms with Gasteiger partial charge in [-0.15, -0.1) is 11.3 Å². The number of alkyl halides is 3. The van der Waals surface area contributed by atoms with Crippen LogP contribution in [0.5, 0.6) is 0 Å². The number of hydrogen-bond donors (Lipinski definition) is 2. The molecular weight excluding hydrogens is 383 g/mol. The summed E-state index contributed by atoms with van der Waals surface area (Å²) in [4.78, 5) is 27.8. The standard InChI is InChI=1S/C16H14F3N5O2S/c1-21-9-6-24(23-13(9)16(17,18)19)7-11(25)22-15-12(14(20)26)8-4-2-3-5-10(8)27-15/h6H,2-5,7H2,(H2,20,26)(H,22,25). The Morgan fingerprint density at radius 3 is 2.67 bits per heavy atom. The van der Waals surface area contributed by atoms with Crippen LogP contribution in [0.25, 0.3) is 4.85 Å². The number of nitrogens with one attached hydrogen (secondary N) is 1. The van der Waals surface area contributed by atoms with Gasteiger partial charge >= 0.3 is 6.18 Å². The molecule has 0 fully saturated rings. The number of nitrogens with zero attached hydrogens (tertiary/aromatic N) is 3. The lowest BCUT2D eigenvalue weighted by atomic mass is 9.95. The first kappa shape index (κ1) is 18.9. The molecule has 0 aromatic carbocycles. The van der Waals surface area contributed by atoms with Gasteiger partial charge in [0.15, 0.2) is 5.69 Å². The van der Waals surface area contributed by atoms with Gasteiger partial charge < -0.3 is 11.1 Å². The van der Waals surface area contributed by atoms with Gasteiger partial charge in [-0.3, -0.25) is 14.3 Å². The average Bonchev–Trinajstić information content (AvgIpc) is 3.14. The van der Waals surface area contributed by atoms with E-state index in [-0.39, 0.29) is 5.56 Å². The normalized spacial score (nSPS) is 13.7. The number of nitrogens with two attached hydrogens (primary N) is 1. The van der Waals surface area contributed by atoms with Gasteiger partial charge in [-0.05, 0) is 31.2 Å². The van der Waals surface area contributed by atoms with E-state index >= 15 is 0 Å². The highest BCUT2D eigenvalue weighted by Crippen LogP contribution is 2.38. The van der Waals surface area contributed by atoms with Gasteiger partial charge in [0.25, 0.3) is 5.91 Å². The van der Waals surface area contributed by atoms with Crippen molar-refractivity contribution < 1.29 is 22.8 Å². The van der Waals surface area contributed by atoms with Crippen LogP contribution in [0.1, 0.15) is 39.3 Å². The molecule has 7 nitrogen and oxygen atoms in total. The Hall–Kier alpha value is -2.87. The van der Waals surface area contributed by atoms with Crippen molar-refractivity contribution in [3.05, 3.63) is 39.3 Å². The summed E-state index contributed by atoms with van der Waals surface area (Å²) in [7, 11) is 0. The fraction of sp³-hybridized carbons (Fsp3) is 0.375. The molecule has 0 spiro atoms. The maximum absolute atomic E-state index is 12.8. The van der Waals surface area contributed by atoms with E-state index < -0.39 is 35.9 Å². The van der Waals surface area contributed by atoms with E-state index in [1.807, 2.05) is 0 Å². The zero-order valence-electron chi connectivity index (χ0n) is 13.9. The lowest BCUT2D eigenvalue weighted by Gasteiger charge is -2.11. The summed E-state index contributed by atoms with van der Waals surface area (Å²) in [6.07, 6.45) is -0.533. The minimum absolute atomic E-state index is 0.265. The molecule has 11 heteroatoms. The molecule has 142 valence electrons. The molecule has 2 heterocycles. The number of fused-ring (bicyclic) bond motifs is 1. The molecule has 0 atom stereocenters. The van der Waals surface area contributed by atoms with Gasteiger partial charge in [0.05, 0.1) is 12.1 Å². The number of thiophene rings is 1. The van der Waals surface area contributed by atoms with Crippen molar-refractivity contribution in [2.24, 2.45) is 5.73 Å². The summed E-state index contributed by atoms with van der Waals surface area (Å²) in [6.45, 7) is 6.28. The fourth-order valence-electron chi connectivity index (χ4n) is 3.00. The van der Waals surface area contributed by atoms with Crippen LogP contribution in [0.4, 0.5) is 23.9 Å². The minimum Gasteiger partial charge on any atom is -0.365 e. The maximum atomic E-state index is 12.8. The summed E-state index contributed by atoms with van der Waals surface area (Å²) in [5.74, 6) is -1.32. The first-order valence-corrected chi connectivity index (χ1v) is 8.78. The molecule has 0 saturated heterocycles. The third-order valence-electron chi connectivity index (χ3n) is 4.11. The van der Waals surface area contributed by atoms with Gasteiger partial charge in [0, 0.05) is 11.1 Å². The number of primary amides is 1. The van der Waals surface area contributed by atoms with Crippen LogP contribution in [0.15, 0.2) is 6.20 Å². The molecule has 0 unspecified atom stereocenters. The monoisotopic (exact) mass is 397 g/mol. The quantitative estimate of drug-likeness (QED) is 0.776. The SMILES string of the molecule is [C-]#[N+]c1cn(CC(=O)Nc2sc3c(c2C(N)=O)CCCC3)nc1C(F)(F)F. The van der Waals surface area contributed by atoms with Gasteiger partial charge in [-0.2, -0.15) is 18.3 Å². The predicted molar refractivity (Wildman–Crippen MR) is 91.6 cm³/mol. The molecule has 2 amide bonds. The van der Waals surface area contributed by atoms with Gasteiger partial charge in [-0.25, -0.2) is 4.85 Å². The lowest BCUT2D eigenvalue weighted by molar-refractivity contribution is -0.141. The Labute approximate surface area is 155 Å². The van der Waals surface area contributed by atoms with Crippen LogP contribution < -0.4 is 11.1 Å². The first-order valence-electron chi connectivity index (χ1n) is 7.97. The van der Waals surface area contributed by atoms with Crippen molar-refractivity contribution in [2.45, 2.75) is 38.4 Å².